The van der Waals surface area contributed by atoms with Crippen molar-refractivity contribution in [3.63, 3.8) is 0 Å². The summed E-state index contributed by atoms with van der Waals surface area (Å²) in [5.41, 5.74) is 4.17. The summed E-state index contributed by atoms with van der Waals surface area (Å²) in [7, 11) is 3.17. The minimum Gasteiger partial charge on any atom is -0.497 e. The van der Waals surface area contributed by atoms with E-state index in [1.54, 1.807) is 34.1 Å². The molecule has 0 aliphatic rings. The molecule has 3 aromatic rings. The second-order valence-electron chi connectivity index (χ2n) is 7.99. The van der Waals surface area contributed by atoms with E-state index in [0.717, 1.165) is 22.4 Å². The van der Waals surface area contributed by atoms with Gasteiger partial charge in [-0.25, -0.2) is 4.79 Å². The lowest BCUT2D eigenvalue weighted by Crippen LogP contribution is -2.23. The van der Waals surface area contributed by atoms with Crippen molar-refractivity contribution in [2.45, 2.75) is 47.3 Å². The summed E-state index contributed by atoms with van der Waals surface area (Å²) in [5, 5.41) is 20.4. The monoisotopic (exact) mass is 493 g/mol. The second-order valence-corrected chi connectivity index (χ2v) is 7.99. The zero-order valence-corrected chi connectivity index (χ0v) is 21.4. The zero-order valence-electron chi connectivity index (χ0n) is 21.4. The fourth-order valence-electron chi connectivity index (χ4n) is 3.13. The Hall–Kier alpha value is -4.28. The minimum absolute atomic E-state index is 0.197. The molecule has 0 aliphatic heterocycles. The predicted octanol–water partition coefficient (Wildman–Crippen LogP) is 3.58. The summed E-state index contributed by atoms with van der Waals surface area (Å²) in [6, 6.07) is 13.2. The fraction of sp³-hybridized carbons (Fsp3) is 0.360. The van der Waals surface area contributed by atoms with Gasteiger partial charge in [0.05, 0.1) is 24.2 Å². The van der Waals surface area contributed by atoms with E-state index in [-0.39, 0.29) is 12.3 Å². The third kappa shape index (κ3) is 6.65. The molecular formula is C25H31N7O4. The Labute approximate surface area is 209 Å². The SMILES string of the molecule is CCC(=NN=C(C)C(C)=NOCc1cccc(OC)c1)OCc1c(C)cccc1-n1nnn(C)c1=O. The summed E-state index contributed by atoms with van der Waals surface area (Å²) >= 11 is 0. The van der Waals surface area contributed by atoms with Crippen LogP contribution in [0.3, 0.4) is 0 Å². The van der Waals surface area contributed by atoms with E-state index in [2.05, 4.69) is 25.8 Å². The molecule has 0 bridgehead atoms. The van der Waals surface area contributed by atoms with Gasteiger partial charge >= 0.3 is 5.69 Å². The van der Waals surface area contributed by atoms with Gasteiger partial charge in [0, 0.05) is 19.0 Å². The molecule has 1 aromatic heterocycles. The lowest BCUT2D eigenvalue weighted by Gasteiger charge is -2.13. The van der Waals surface area contributed by atoms with Crippen molar-refractivity contribution in [1.29, 1.82) is 0 Å². The maximum atomic E-state index is 12.3. The Kier molecular flexibility index (Phi) is 9.09. The van der Waals surface area contributed by atoms with Gasteiger partial charge in [-0.1, -0.05) is 36.3 Å². The van der Waals surface area contributed by atoms with Crippen molar-refractivity contribution in [2.24, 2.45) is 22.4 Å². The van der Waals surface area contributed by atoms with E-state index in [9.17, 15) is 4.79 Å². The molecule has 3 rings (SSSR count). The van der Waals surface area contributed by atoms with Crippen LogP contribution in [0.5, 0.6) is 5.75 Å². The summed E-state index contributed by atoms with van der Waals surface area (Å²) in [6.07, 6.45) is 0.533. The Morgan fingerprint density at radius 3 is 2.50 bits per heavy atom. The molecule has 11 heteroatoms. The van der Waals surface area contributed by atoms with Crippen LogP contribution in [-0.2, 0) is 29.8 Å². The number of hydrogen-bond acceptors (Lipinski definition) is 9. The molecule has 2 aromatic carbocycles. The van der Waals surface area contributed by atoms with Crippen LogP contribution < -0.4 is 10.4 Å². The summed E-state index contributed by atoms with van der Waals surface area (Å²) < 4.78 is 13.6. The van der Waals surface area contributed by atoms with Crippen molar-refractivity contribution in [2.75, 3.05) is 7.11 Å². The van der Waals surface area contributed by atoms with Gasteiger partial charge in [0.15, 0.2) is 0 Å². The van der Waals surface area contributed by atoms with Crippen molar-refractivity contribution in [1.82, 2.24) is 19.8 Å². The van der Waals surface area contributed by atoms with E-state index in [0.29, 0.717) is 36.0 Å². The number of methoxy groups -OCH3 is 1. The largest absolute Gasteiger partial charge is 0.497 e. The topological polar surface area (TPSA) is 117 Å². The van der Waals surface area contributed by atoms with Crippen LogP contribution in [0.4, 0.5) is 0 Å². The number of hydrogen-bond donors (Lipinski definition) is 0. The summed E-state index contributed by atoms with van der Waals surface area (Å²) in [4.78, 5) is 17.8. The summed E-state index contributed by atoms with van der Waals surface area (Å²) in [5.74, 6) is 1.21. The lowest BCUT2D eigenvalue weighted by atomic mass is 10.1. The average Bonchev–Trinajstić information content (AvgIpc) is 3.22. The van der Waals surface area contributed by atoms with Crippen LogP contribution in [0, 0.1) is 6.92 Å². The van der Waals surface area contributed by atoms with Gasteiger partial charge in [0.1, 0.15) is 19.0 Å². The molecule has 0 saturated carbocycles. The van der Waals surface area contributed by atoms with Crippen LogP contribution in [0.2, 0.25) is 0 Å². The summed E-state index contributed by atoms with van der Waals surface area (Å²) in [6.45, 7) is 7.97. The molecule has 0 N–H and O–H groups in total. The molecule has 1 heterocycles. The number of ether oxygens (including phenoxy) is 2. The molecule has 0 unspecified atom stereocenters. The number of nitrogens with zero attached hydrogens (tertiary/aromatic N) is 7. The first-order valence-electron chi connectivity index (χ1n) is 11.5. The maximum Gasteiger partial charge on any atom is 0.368 e. The molecule has 0 spiro atoms. The van der Waals surface area contributed by atoms with E-state index >= 15 is 0 Å². The number of aryl methyl sites for hydroxylation is 2. The Balaban J connectivity index is 1.67. The molecule has 0 aliphatic carbocycles. The van der Waals surface area contributed by atoms with Gasteiger partial charge in [0.25, 0.3) is 0 Å². The Bertz CT molecular complexity index is 1340. The van der Waals surface area contributed by atoms with Crippen LogP contribution in [0.25, 0.3) is 5.69 Å². The van der Waals surface area contributed by atoms with Gasteiger partial charge < -0.3 is 14.3 Å². The number of tetrazole rings is 1. The number of oxime groups is 1. The van der Waals surface area contributed by atoms with Gasteiger partial charge in [-0.3, -0.25) is 0 Å². The first-order chi connectivity index (χ1) is 17.3. The zero-order chi connectivity index (χ0) is 26.1. The Morgan fingerprint density at radius 2 is 1.81 bits per heavy atom. The molecule has 0 atom stereocenters. The molecule has 0 fully saturated rings. The maximum absolute atomic E-state index is 12.3. The van der Waals surface area contributed by atoms with Crippen molar-refractivity contribution in [3.05, 3.63) is 69.6 Å². The number of aromatic nitrogens is 4. The highest BCUT2D eigenvalue weighted by Crippen LogP contribution is 2.18. The molecular weight excluding hydrogens is 462 g/mol. The van der Waals surface area contributed by atoms with Gasteiger partial charge in [-0.2, -0.15) is 14.5 Å². The predicted molar refractivity (Wildman–Crippen MR) is 138 cm³/mol. The highest BCUT2D eigenvalue weighted by atomic mass is 16.6. The molecule has 0 radical (unpaired) electrons. The smallest absolute Gasteiger partial charge is 0.368 e. The first-order valence-corrected chi connectivity index (χ1v) is 11.5. The molecule has 0 saturated heterocycles. The third-order valence-electron chi connectivity index (χ3n) is 5.42. The van der Waals surface area contributed by atoms with E-state index in [1.807, 2.05) is 50.2 Å². The van der Waals surface area contributed by atoms with Gasteiger partial charge in [-0.15, -0.1) is 5.10 Å². The normalized spacial score (nSPS) is 12.6. The fourth-order valence-corrected chi connectivity index (χ4v) is 3.13. The number of benzene rings is 2. The quantitative estimate of drug-likeness (QED) is 0.242. The highest BCUT2D eigenvalue weighted by Gasteiger charge is 2.14. The van der Waals surface area contributed by atoms with Crippen LogP contribution in [0.15, 0.2) is 62.6 Å². The molecule has 11 nitrogen and oxygen atoms in total. The van der Waals surface area contributed by atoms with Crippen molar-refractivity contribution >= 4 is 17.3 Å². The van der Waals surface area contributed by atoms with Crippen LogP contribution in [-0.4, -0.2) is 44.2 Å². The number of rotatable bonds is 10. The van der Waals surface area contributed by atoms with Crippen molar-refractivity contribution in [3.8, 4) is 11.4 Å². The molecule has 190 valence electrons. The standard InChI is InChI=1S/C25H31N7O4/c1-7-24(27-26-18(3)19(4)28-36-15-20-11-9-12-21(14-20)34-6)35-16-22-17(2)10-8-13-23(22)32-25(33)31(5)29-30-32/h8-14H,7,15-16H2,1-6H3. The highest BCUT2D eigenvalue weighted by molar-refractivity contribution is 6.40. The van der Waals surface area contributed by atoms with Crippen LogP contribution in [0.1, 0.15) is 43.9 Å². The van der Waals surface area contributed by atoms with Gasteiger partial charge in [0.2, 0.25) is 5.90 Å². The minimum atomic E-state index is -0.338. The Morgan fingerprint density at radius 1 is 1.03 bits per heavy atom. The first kappa shape index (κ1) is 26.3. The van der Waals surface area contributed by atoms with Gasteiger partial charge in [-0.05, 0) is 60.5 Å². The molecule has 36 heavy (non-hydrogen) atoms. The van der Waals surface area contributed by atoms with Crippen molar-refractivity contribution < 1.29 is 14.3 Å². The second kappa shape index (κ2) is 12.4. The average molecular weight is 494 g/mol. The van der Waals surface area contributed by atoms with E-state index in [4.69, 9.17) is 14.3 Å². The van der Waals surface area contributed by atoms with E-state index in [1.165, 1.54) is 9.36 Å². The lowest BCUT2D eigenvalue weighted by molar-refractivity contribution is 0.131. The van der Waals surface area contributed by atoms with E-state index < -0.39 is 0 Å². The van der Waals surface area contributed by atoms with Crippen LogP contribution >= 0.6 is 0 Å². The third-order valence-corrected chi connectivity index (χ3v) is 5.42. The molecule has 0 amide bonds.